The molecule has 0 aliphatic heterocycles. The van der Waals surface area contributed by atoms with Crippen LogP contribution in [0.15, 0.2) is 11.4 Å². The normalized spacial score (nSPS) is 11.6. The van der Waals surface area contributed by atoms with Gasteiger partial charge in [0.1, 0.15) is 11.4 Å². The van der Waals surface area contributed by atoms with Crippen LogP contribution in [0.5, 0.6) is 0 Å². The van der Waals surface area contributed by atoms with Crippen LogP contribution < -0.4 is 11.5 Å². The van der Waals surface area contributed by atoms with Crippen LogP contribution in [0.2, 0.25) is 0 Å². The number of hydrogen-bond acceptors (Lipinski definition) is 6. The van der Waals surface area contributed by atoms with E-state index >= 15 is 0 Å². The van der Waals surface area contributed by atoms with Crippen LogP contribution in [-0.4, -0.2) is 25.2 Å². The quantitative estimate of drug-likeness (QED) is 0.458. The molecule has 0 spiro atoms. The highest BCUT2D eigenvalue weighted by Gasteiger charge is 2.17. The molecular formula is C8H14N2O4. The van der Waals surface area contributed by atoms with E-state index in [0.29, 0.717) is 0 Å². The second-order valence-corrected chi connectivity index (χ2v) is 2.27. The lowest BCUT2D eigenvalue weighted by Gasteiger charge is -2.05. The lowest BCUT2D eigenvalue weighted by atomic mass is 10.3. The van der Waals surface area contributed by atoms with Crippen molar-refractivity contribution in [2.24, 2.45) is 11.5 Å². The number of ether oxygens (including phenoxy) is 2. The Hall–Kier alpha value is -1.72. The van der Waals surface area contributed by atoms with Crippen molar-refractivity contribution in [1.29, 1.82) is 0 Å². The Morgan fingerprint density at radius 1 is 0.929 bits per heavy atom. The van der Waals surface area contributed by atoms with E-state index in [-0.39, 0.29) is 13.2 Å². The first kappa shape index (κ1) is 12.3. The van der Waals surface area contributed by atoms with E-state index in [1.165, 1.54) is 0 Å². The highest BCUT2D eigenvalue weighted by Crippen LogP contribution is 1.97. The molecule has 0 fully saturated rings. The minimum atomic E-state index is -0.821. The molecule has 0 amide bonds. The van der Waals surface area contributed by atoms with Crippen LogP contribution in [0.4, 0.5) is 0 Å². The van der Waals surface area contributed by atoms with Crippen molar-refractivity contribution >= 4 is 11.9 Å². The average molecular weight is 202 g/mol. The molecule has 14 heavy (non-hydrogen) atoms. The minimum Gasteiger partial charge on any atom is -0.461 e. The maximum Gasteiger partial charge on any atom is 0.356 e. The van der Waals surface area contributed by atoms with Crippen molar-refractivity contribution in [3.05, 3.63) is 11.4 Å². The first-order valence-corrected chi connectivity index (χ1v) is 4.14. The second-order valence-electron chi connectivity index (χ2n) is 2.27. The Bertz CT molecular complexity index is 234. The molecule has 0 unspecified atom stereocenters. The molecule has 0 atom stereocenters. The second kappa shape index (κ2) is 5.85. The Morgan fingerprint density at radius 3 is 1.43 bits per heavy atom. The Balaban J connectivity index is 4.57. The van der Waals surface area contributed by atoms with Crippen LogP contribution in [0, 0.1) is 0 Å². The van der Waals surface area contributed by atoms with Gasteiger partial charge in [0.15, 0.2) is 0 Å². The van der Waals surface area contributed by atoms with Crippen LogP contribution >= 0.6 is 0 Å². The van der Waals surface area contributed by atoms with Crippen molar-refractivity contribution in [3.8, 4) is 0 Å². The summed E-state index contributed by atoms with van der Waals surface area (Å²) in [7, 11) is 0. The van der Waals surface area contributed by atoms with Crippen molar-refractivity contribution in [2.45, 2.75) is 13.8 Å². The zero-order valence-corrected chi connectivity index (χ0v) is 8.20. The molecule has 0 rings (SSSR count). The SMILES string of the molecule is CCOC(=O)/C(N)=C(/N)C(=O)OCC. The molecule has 0 aromatic rings. The Labute approximate surface area is 81.8 Å². The van der Waals surface area contributed by atoms with Gasteiger partial charge < -0.3 is 20.9 Å². The summed E-state index contributed by atoms with van der Waals surface area (Å²) < 4.78 is 9.09. The molecular weight excluding hydrogens is 188 g/mol. The monoisotopic (exact) mass is 202 g/mol. The van der Waals surface area contributed by atoms with E-state index in [4.69, 9.17) is 11.5 Å². The molecule has 0 bridgehead atoms. The smallest absolute Gasteiger partial charge is 0.356 e. The van der Waals surface area contributed by atoms with Gasteiger partial charge in [0.25, 0.3) is 0 Å². The van der Waals surface area contributed by atoms with Crippen molar-refractivity contribution in [2.75, 3.05) is 13.2 Å². The zero-order valence-electron chi connectivity index (χ0n) is 8.20. The highest BCUT2D eigenvalue weighted by molar-refractivity contribution is 5.98. The van der Waals surface area contributed by atoms with E-state index in [1.54, 1.807) is 13.8 Å². The Morgan fingerprint density at radius 2 is 1.21 bits per heavy atom. The fraction of sp³-hybridized carbons (Fsp3) is 0.500. The zero-order chi connectivity index (χ0) is 11.1. The summed E-state index contributed by atoms with van der Waals surface area (Å²) in [5.41, 5.74) is 9.66. The number of hydrogen-bond donors (Lipinski definition) is 2. The number of rotatable bonds is 4. The van der Waals surface area contributed by atoms with Gasteiger partial charge in [-0.15, -0.1) is 0 Å². The third-order valence-electron chi connectivity index (χ3n) is 1.28. The van der Waals surface area contributed by atoms with Gasteiger partial charge in [0.2, 0.25) is 0 Å². The molecule has 0 radical (unpaired) electrons. The number of carbonyl (C=O) groups is 2. The van der Waals surface area contributed by atoms with Gasteiger partial charge in [-0.25, -0.2) is 9.59 Å². The van der Waals surface area contributed by atoms with E-state index in [1.807, 2.05) is 0 Å². The molecule has 80 valence electrons. The van der Waals surface area contributed by atoms with Crippen molar-refractivity contribution in [1.82, 2.24) is 0 Å². The van der Waals surface area contributed by atoms with Crippen molar-refractivity contribution < 1.29 is 19.1 Å². The molecule has 0 aromatic carbocycles. The fourth-order valence-corrected chi connectivity index (χ4v) is 0.638. The van der Waals surface area contributed by atoms with Crippen molar-refractivity contribution in [3.63, 3.8) is 0 Å². The summed E-state index contributed by atoms with van der Waals surface area (Å²) in [6, 6.07) is 0. The van der Waals surface area contributed by atoms with E-state index < -0.39 is 23.3 Å². The molecule has 0 saturated carbocycles. The van der Waals surface area contributed by atoms with E-state index in [0.717, 1.165) is 0 Å². The van der Waals surface area contributed by atoms with Gasteiger partial charge in [-0.3, -0.25) is 0 Å². The van der Waals surface area contributed by atoms with E-state index in [9.17, 15) is 9.59 Å². The largest absolute Gasteiger partial charge is 0.461 e. The standard InChI is InChI=1S/C8H14N2O4/c1-3-13-7(11)5(9)6(10)8(12)14-4-2/h3-4,9-10H2,1-2H3/b6-5-. The van der Waals surface area contributed by atoms with Crippen LogP contribution in [0.25, 0.3) is 0 Å². The van der Waals surface area contributed by atoms with Gasteiger partial charge >= 0.3 is 11.9 Å². The molecule has 0 saturated heterocycles. The molecule has 0 heterocycles. The van der Waals surface area contributed by atoms with Gasteiger partial charge in [0.05, 0.1) is 13.2 Å². The lowest BCUT2D eigenvalue weighted by molar-refractivity contribution is -0.141. The summed E-state index contributed by atoms with van der Waals surface area (Å²) >= 11 is 0. The molecule has 0 aromatic heterocycles. The predicted octanol–water partition coefficient (Wildman–Crippen LogP) is -0.758. The lowest BCUT2D eigenvalue weighted by Crippen LogP contribution is -2.26. The molecule has 0 aliphatic rings. The molecule has 0 aliphatic carbocycles. The van der Waals surface area contributed by atoms with Crippen LogP contribution in [0.1, 0.15) is 13.8 Å². The van der Waals surface area contributed by atoms with Gasteiger partial charge in [0, 0.05) is 0 Å². The van der Waals surface area contributed by atoms with E-state index in [2.05, 4.69) is 9.47 Å². The van der Waals surface area contributed by atoms with Gasteiger partial charge in [-0.1, -0.05) is 0 Å². The predicted molar refractivity (Wildman–Crippen MR) is 48.7 cm³/mol. The van der Waals surface area contributed by atoms with Gasteiger partial charge in [-0.05, 0) is 13.8 Å². The van der Waals surface area contributed by atoms with Gasteiger partial charge in [-0.2, -0.15) is 0 Å². The Kier molecular flexibility index (Phi) is 5.13. The summed E-state index contributed by atoms with van der Waals surface area (Å²) in [6.45, 7) is 3.56. The first-order chi connectivity index (χ1) is 6.54. The number of esters is 2. The average Bonchev–Trinajstić information content (AvgIpc) is 2.16. The first-order valence-electron chi connectivity index (χ1n) is 4.14. The topological polar surface area (TPSA) is 105 Å². The fourth-order valence-electron chi connectivity index (χ4n) is 0.638. The summed E-state index contributed by atoms with van der Waals surface area (Å²) in [4.78, 5) is 22.0. The third kappa shape index (κ3) is 3.34. The molecule has 4 N–H and O–H groups in total. The summed E-state index contributed by atoms with van der Waals surface area (Å²) in [5, 5.41) is 0. The highest BCUT2D eigenvalue weighted by atomic mass is 16.5. The minimum absolute atomic E-state index is 0.162. The molecule has 6 nitrogen and oxygen atoms in total. The van der Waals surface area contributed by atoms with Crippen LogP contribution in [0.3, 0.4) is 0 Å². The number of carbonyl (C=O) groups excluding carboxylic acids is 2. The number of nitrogens with two attached hydrogens (primary N) is 2. The maximum atomic E-state index is 11.0. The maximum absolute atomic E-state index is 11.0. The van der Waals surface area contributed by atoms with Crippen LogP contribution in [-0.2, 0) is 19.1 Å². The summed E-state index contributed by atoms with van der Waals surface area (Å²) in [5.74, 6) is -1.64. The third-order valence-corrected chi connectivity index (χ3v) is 1.28. The summed E-state index contributed by atoms with van der Waals surface area (Å²) in [6.07, 6.45) is 0. The molecule has 6 heteroatoms.